The minimum absolute atomic E-state index is 0.000206. The van der Waals surface area contributed by atoms with E-state index in [4.69, 9.17) is 14.2 Å². The fourth-order valence-corrected chi connectivity index (χ4v) is 3.83. The number of piperidine rings is 1. The summed E-state index contributed by atoms with van der Waals surface area (Å²) in [7, 11) is 1.71. The third-order valence-electron chi connectivity index (χ3n) is 5.85. The molecular formula is C20H26N4O3. The van der Waals surface area contributed by atoms with Crippen LogP contribution in [0.2, 0.25) is 0 Å². The Balaban J connectivity index is 1.50. The standard InChI is InChI=1S/C20H26N4O3/c1-14-4-3-10-21-16(14)18(25)24-11-7-20(8-12-24,9-13-26-2)19-22-17(27-23-19)15-5-6-15/h3-4,10,15H,5-9,11-13H2,1-2H3. The average Bonchev–Trinajstić information content (AvgIpc) is 3.43. The number of hydrogen-bond donors (Lipinski definition) is 0. The fourth-order valence-electron chi connectivity index (χ4n) is 3.83. The number of aromatic nitrogens is 3. The van der Waals surface area contributed by atoms with Crippen LogP contribution in [0.1, 0.15) is 65.8 Å². The third-order valence-corrected chi connectivity index (χ3v) is 5.85. The molecule has 3 heterocycles. The number of rotatable bonds is 6. The van der Waals surface area contributed by atoms with Gasteiger partial charge in [0.15, 0.2) is 5.82 Å². The van der Waals surface area contributed by atoms with E-state index in [1.807, 2.05) is 24.0 Å². The Labute approximate surface area is 159 Å². The topological polar surface area (TPSA) is 81.4 Å². The Morgan fingerprint density at radius 3 is 2.81 bits per heavy atom. The van der Waals surface area contributed by atoms with Crippen LogP contribution in [0.15, 0.2) is 22.9 Å². The summed E-state index contributed by atoms with van der Waals surface area (Å²) in [5.41, 5.74) is 1.26. The zero-order valence-electron chi connectivity index (χ0n) is 16.0. The minimum atomic E-state index is -0.192. The van der Waals surface area contributed by atoms with Crippen LogP contribution in [0.3, 0.4) is 0 Å². The van der Waals surface area contributed by atoms with Gasteiger partial charge in [0.2, 0.25) is 5.89 Å². The van der Waals surface area contributed by atoms with Gasteiger partial charge in [0, 0.05) is 44.3 Å². The molecule has 2 aromatic rings. The highest BCUT2D eigenvalue weighted by Gasteiger charge is 2.42. The molecule has 27 heavy (non-hydrogen) atoms. The lowest BCUT2D eigenvalue weighted by Gasteiger charge is -2.39. The molecule has 0 radical (unpaired) electrons. The predicted molar refractivity (Wildman–Crippen MR) is 98.6 cm³/mol. The first-order valence-electron chi connectivity index (χ1n) is 9.67. The molecule has 144 valence electrons. The number of pyridine rings is 1. The van der Waals surface area contributed by atoms with E-state index in [1.165, 1.54) is 0 Å². The molecule has 0 spiro atoms. The van der Waals surface area contributed by atoms with Gasteiger partial charge in [-0.1, -0.05) is 11.2 Å². The predicted octanol–water partition coefficient (Wildman–Crippen LogP) is 2.86. The number of nitrogens with zero attached hydrogens (tertiary/aromatic N) is 4. The van der Waals surface area contributed by atoms with Gasteiger partial charge in [-0.15, -0.1) is 0 Å². The maximum Gasteiger partial charge on any atom is 0.272 e. The van der Waals surface area contributed by atoms with E-state index in [0.717, 1.165) is 49.4 Å². The first-order valence-corrected chi connectivity index (χ1v) is 9.67. The largest absolute Gasteiger partial charge is 0.385 e. The van der Waals surface area contributed by atoms with E-state index in [1.54, 1.807) is 13.3 Å². The molecule has 7 nitrogen and oxygen atoms in total. The second-order valence-electron chi connectivity index (χ2n) is 7.71. The van der Waals surface area contributed by atoms with Crippen molar-refractivity contribution in [1.29, 1.82) is 0 Å². The van der Waals surface area contributed by atoms with Crippen molar-refractivity contribution >= 4 is 5.91 Å². The van der Waals surface area contributed by atoms with E-state index in [0.29, 0.717) is 31.3 Å². The summed E-state index contributed by atoms with van der Waals surface area (Å²) in [5.74, 6) is 1.99. The summed E-state index contributed by atoms with van der Waals surface area (Å²) in [4.78, 5) is 23.8. The summed E-state index contributed by atoms with van der Waals surface area (Å²) in [6.45, 7) is 3.88. The molecule has 2 fully saturated rings. The monoisotopic (exact) mass is 370 g/mol. The zero-order chi connectivity index (χ0) is 18.9. The molecule has 0 aromatic carbocycles. The quantitative estimate of drug-likeness (QED) is 0.778. The highest BCUT2D eigenvalue weighted by atomic mass is 16.5. The SMILES string of the molecule is COCCC1(c2noc(C3CC3)n2)CCN(C(=O)c2ncccc2C)CC1. The molecule has 7 heteroatoms. The van der Waals surface area contributed by atoms with Crippen LogP contribution in [0, 0.1) is 6.92 Å². The van der Waals surface area contributed by atoms with Gasteiger partial charge in [0.05, 0.1) is 0 Å². The summed E-state index contributed by atoms with van der Waals surface area (Å²) < 4.78 is 10.9. The maximum atomic E-state index is 12.9. The number of methoxy groups -OCH3 is 1. The minimum Gasteiger partial charge on any atom is -0.385 e. The van der Waals surface area contributed by atoms with Crippen molar-refractivity contribution in [3.05, 3.63) is 41.3 Å². The molecule has 2 aromatic heterocycles. The lowest BCUT2D eigenvalue weighted by atomic mass is 9.75. The van der Waals surface area contributed by atoms with E-state index in [9.17, 15) is 4.79 Å². The highest BCUT2D eigenvalue weighted by molar-refractivity contribution is 5.93. The van der Waals surface area contributed by atoms with Crippen LogP contribution in [0.25, 0.3) is 0 Å². The van der Waals surface area contributed by atoms with Gasteiger partial charge in [-0.2, -0.15) is 4.98 Å². The zero-order valence-corrected chi connectivity index (χ0v) is 16.0. The van der Waals surface area contributed by atoms with Crippen LogP contribution in [0.5, 0.6) is 0 Å². The summed E-state index contributed by atoms with van der Waals surface area (Å²) >= 11 is 0. The van der Waals surface area contributed by atoms with Crippen molar-refractivity contribution in [1.82, 2.24) is 20.0 Å². The Morgan fingerprint density at radius 1 is 1.37 bits per heavy atom. The smallest absolute Gasteiger partial charge is 0.272 e. The molecule has 1 aliphatic heterocycles. The number of ether oxygens (including phenoxy) is 1. The number of hydrogen-bond acceptors (Lipinski definition) is 6. The van der Waals surface area contributed by atoms with Crippen LogP contribution in [-0.2, 0) is 10.2 Å². The number of aryl methyl sites for hydroxylation is 1. The first kappa shape index (κ1) is 18.1. The Kier molecular flexibility index (Phi) is 4.95. The van der Waals surface area contributed by atoms with Crippen molar-refractivity contribution in [3.8, 4) is 0 Å². The van der Waals surface area contributed by atoms with E-state index >= 15 is 0 Å². The van der Waals surface area contributed by atoms with Crippen molar-refractivity contribution in [2.45, 2.75) is 50.4 Å². The molecule has 4 rings (SSSR count). The molecule has 1 saturated heterocycles. The molecule has 0 N–H and O–H groups in total. The van der Waals surface area contributed by atoms with Gasteiger partial charge < -0.3 is 14.2 Å². The van der Waals surface area contributed by atoms with Crippen molar-refractivity contribution < 1.29 is 14.1 Å². The van der Waals surface area contributed by atoms with E-state index in [2.05, 4.69) is 10.1 Å². The fraction of sp³-hybridized carbons (Fsp3) is 0.600. The van der Waals surface area contributed by atoms with Crippen LogP contribution in [0.4, 0.5) is 0 Å². The molecule has 0 atom stereocenters. The summed E-state index contributed by atoms with van der Waals surface area (Å²) in [5, 5.41) is 4.31. The summed E-state index contributed by atoms with van der Waals surface area (Å²) in [6, 6.07) is 3.78. The number of carbonyl (C=O) groups excluding carboxylic acids is 1. The third kappa shape index (κ3) is 3.60. The van der Waals surface area contributed by atoms with Gasteiger partial charge in [-0.05, 0) is 50.7 Å². The second kappa shape index (κ2) is 7.38. The molecular weight excluding hydrogens is 344 g/mol. The molecule has 1 aliphatic carbocycles. The summed E-state index contributed by atoms with van der Waals surface area (Å²) in [6.07, 6.45) is 6.38. The molecule has 0 bridgehead atoms. The highest BCUT2D eigenvalue weighted by Crippen LogP contribution is 2.42. The van der Waals surface area contributed by atoms with Gasteiger partial charge in [-0.25, -0.2) is 0 Å². The van der Waals surface area contributed by atoms with Crippen LogP contribution < -0.4 is 0 Å². The molecule has 2 aliphatic rings. The lowest BCUT2D eigenvalue weighted by Crippen LogP contribution is -2.46. The van der Waals surface area contributed by atoms with Crippen molar-refractivity contribution in [2.24, 2.45) is 0 Å². The van der Waals surface area contributed by atoms with Crippen LogP contribution >= 0.6 is 0 Å². The molecule has 1 amide bonds. The number of carbonyl (C=O) groups is 1. The van der Waals surface area contributed by atoms with E-state index < -0.39 is 0 Å². The lowest BCUT2D eigenvalue weighted by molar-refractivity contribution is 0.0610. The molecule has 1 saturated carbocycles. The Bertz CT molecular complexity index is 807. The van der Waals surface area contributed by atoms with Gasteiger partial charge in [0.25, 0.3) is 5.91 Å². The number of amides is 1. The molecule has 0 unspecified atom stereocenters. The Morgan fingerprint density at radius 2 is 2.15 bits per heavy atom. The second-order valence-corrected chi connectivity index (χ2v) is 7.71. The van der Waals surface area contributed by atoms with Crippen LogP contribution in [-0.4, -0.2) is 52.7 Å². The van der Waals surface area contributed by atoms with Gasteiger partial charge >= 0.3 is 0 Å². The van der Waals surface area contributed by atoms with Gasteiger partial charge in [-0.3, -0.25) is 9.78 Å². The normalized spacial score (nSPS) is 19.3. The average molecular weight is 370 g/mol. The van der Waals surface area contributed by atoms with Crippen molar-refractivity contribution in [2.75, 3.05) is 26.8 Å². The Hall–Kier alpha value is -2.28. The van der Waals surface area contributed by atoms with Gasteiger partial charge in [0.1, 0.15) is 5.69 Å². The first-order chi connectivity index (χ1) is 13.1. The van der Waals surface area contributed by atoms with Crippen molar-refractivity contribution in [3.63, 3.8) is 0 Å². The number of likely N-dealkylation sites (tertiary alicyclic amines) is 1. The maximum absolute atomic E-state index is 12.9. The van der Waals surface area contributed by atoms with E-state index in [-0.39, 0.29) is 11.3 Å².